The van der Waals surface area contributed by atoms with Crippen molar-refractivity contribution in [2.24, 2.45) is 0 Å². The lowest BCUT2D eigenvalue weighted by atomic mass is 10.2. The third kappa shape index (κ3) is 6.32. The maximum Gasteiger partial charge on any atom is 0.221 e. The van der Waals surface area contributed by atoms with Crippen LogP contribution in [0.25, 0.3) is 11.4 Å². The fourth-order valence-corrected chi connectivity index (χ4v) is 5.34. The van der Waals surface area contributed by atoms with E-state index in [9.17, 15) is 4.79 Å². The maximum atomic E-state index is 12.6. The highest BCUT2D eigenvalue weighted by atomic mass is 32.2. The lowest BCUT2D eigenvalue weighted by molar-refractivity contribution is -0.121. The molecule has 10 heteroatoms. The summed E-state index contributed by atoms with van der Waals surface area (Å²) in [6.45, 7) is 4.86. The minimum Gasteiger partial charge on any atom is -0.497 e. The van der Waals surface area contributed by atoms with Crippen LogP contribution in [-0.4, -0.2) is 72.5 Å². The Morgan fingerprint density at radius 2 is 2.12 bits per heavy atom. The predicted molar refractivity (Wildman–Crippen MR) is 126 cm³/mol. The molecule has 3 heterocycles. The van der Waals surface area contributed by atoms with Crippen LogP contribution in [0.5, 0.6) is 5.75 Å². The Bertz CT molecular complexity index is 972. The second-order valence-corrected chi connectivity index (χ2v) is 9.47. The number of carbonyl (C=O) groups is 1. The van der Waals surface area contributed by atoms with E-state index >= 15 is 0 Å². The molecule has 32 heavy (non-hydrogen) atoms. The Balaban J connectivity index is 1.35. The molecule has 0 bridgehead atoms. The summed E-state index contributed by atoms with van der Waals surface area (Å²) in [5.41, 5.74) is 0.929. The zero-order valence-corrected chi connectivity index (χ0v) is 19.6. The number of thiophene rings is 1. The standard InChI is InChI=1S/C22H27N5O3S2/c1-29-17-6-4-16(5-7-17)21-24-22(26-25-21)32-19(18-3-2-14-31-18)15-20(28)23-8-9-27-10-12-30-13-11-27/h2-7,14,19H,8-13,15H2,1H3,(H,23,28)(H,24,25,26)/t19-/m1/s1. The number of aromatic amines is 1. The van der Waals surface area contributed by atoms with Gasteiger partial charge < -0.3 is 14.8 Å². The van der Waals surface area contributed by atoms with Crippen LogP contribution in [-0.2, 0) is 9.53 Å². The number of H-pyrrole nitrogens is 1. The molecule has 2 aromatic heterocycles. The van der Waals surface area contributed by atoms with Crippen LogP contribution >= 0.6 is 23.1 Å². The van der Waals surface area contributed by atoms with Gasteiger partial charge in [0.1, 0.15) is 5.75 Å². The largest absolute Gasteiger partial charge is 0.497 e. The average molecular weight is 474 g/mol. The van der Waals surface area contributed by atoms with Crippen LogP contribution < -0.4 is 10.1 Å². The second-order valence-electron chi connectivity index (χ2n) is 7.33. The number of morpholine rings is 1. The number of nitrogens with zero attached hydrogens (tertiary/aromatic N) is 3. The molecule has 1 aliphatic rings. The molecule has 8 nitrogen and oxygen atoms in total. The quantitative estimate of drug-likeness (QED) is 0.437. The molecular formula is C22H27N5O3S2. The number of hydrogen-bond donors (Lipinski definition) is 2. The van der Waals surface area contributed by atoms with Crippen molar-refractivity contribution >= 4 is 29.0 Å². The summed E-state index contributed by atoms with van der Waals surface area (Å²) in [5.74, 6) is 1.52. The molecule has 170 valence electrons. The van der Waals surface area contributed by atoms with Gasteiger partial charge in [-0.25, -0.2) is 4.98 Å². The number of nitrogens with one attached hydrogen (secondary N) is 2. The Kier molecular flexibility index (Phi) is 8.16. The number of rotatable bonds is 10. The van der Waals surface area contributed by atoms with Gasteiger partial charge >= 0.3 is 0 Å². The number of amides is 1. The van der Waals surface area contributed by atoms with E-state index in [0.29, 0.717) is 23.9 Å². The molecule has 4 rings (SSSR count). The summed E-state index contributed by atoms with van der Waals surface area (Å²) in [6.07, 6.45) is 0.376. The monoisotopic (exact) mass is 473 g/mol. The first-order valence-electron chi connectivity index (χ1n) is 10.5. The molecule has 1 aromatic carbocycles. The van der Waals surface area contributed by atoms with Gasteiger partial charge in [0, 0.05) is 43.0 Å². The molecule has 1 amide bonds. The van der Waals surface area contributed by atoms with Crippen molar-refractivity contribution in [1.82, 2.24) is 25.4 Å². The van der Waals surface area contributed by atoms with E-state index in [-0.39, 0.29) is 11.2 Å². The average Bonchev–Trinajstić information content (AvgIpc) is 3.52. The van der Waals surface area contributed by atoms with Crippen molar-refractivity contribution in [3.8, 4) is 17.1 Å². The normalized spacial score (nSPS) is 15.4. The van der Waals surface area contributed by atoms with Crippen molar-refractivity contribution < 1.29 is 14.3 Å². The van der Waals surface area contributed by atoms with E-state index in [1.807, 2.05) is 35.7 Å². The third-order valence-corrected chi connectivity index (χ3v) is 7.39. The molecule has 0 radical (unpaired) electrons. The van der Waals surface area contributed by atoms with E-state index < -0.39 is 0 Å². The fourth-order valence-electron chi connectivity index (χ4n) is 3.40. The SMILES string of the molecule is COc1ccc(-c2nc(S[C@H](CC(=O)NCCN3CCOCC3)c3cccs3)n[nH]2)cc1. The van der Waals surface area contributed by atoms with Gasteiger partial charge in [-0.2, -0.15) is 0 Å². The van der Waals surface area contributed by atoms with Crippen LogP contribution in [0, 0.1) is 0 Å². The highest BCUT2D eigenvalue weighted by Crippen LogP contribution is 2.38. The molecule has 0 saturated carbocycles. The predicted octanol–water partition coefficient (Wildman–Crippen LogP) is 3.21. The van der Waals surface area contributed by atoms with Crippen molar-refractivity contribution in [2.75, 3.05) is 46.5 Å². The summed E-state index contributed by atoms with van der Waals surface area (Å²) in [5, 5.41) is 13.0. The van der Waals surface area contributed by atoms with Gasteiger partial charge in [-0.3, -0.25) is 14.8 Å². The fraction of sp³-hybridized carbons (Fsp3) is 0.409. The Labute approximate surface area is 195 Å². The first-order valence-corrected chi connectivity index (χ1v) is 12.3. The molecule has 0 aliphatic carbocycles. The molecule has 1 atom stereocenters. The van der Waals surface area contributed by atoms with Gasteiger partial charge in [0.05, 0.1) is 25.6 Å². The Morgan fingerprint density at radius 3 is 2.84 bits per heavy atom. The van der Waals surface area contributed by atoms with Crippen LogP contribution in [0.4, 0.5) is 0 Å². The maximum absolute atomic E-state index is 12.6. The number of carbonyl (C=O) groups excluding carboxylic acids is 1. The lowest BCUT2D eigenvalue weighted by Crippen LogP contribution is -2.41. The number of ether oxygens (including phenoxy) is 2. The molecule has 1 saturated heterocycles. The topological polar surface area (TPSA) is 92.4 Å². The van der Waals surface area contributed by atoms with Crippen LogP contribution in [0.1, 0.15) is 16.5 Å². The third-order valence-electron chi connectivity index (χ3n) is 5.16. The molecule has 1 aliphatic heterocycles. The highest BCUT2D eigenvalue weighted by Gasteiger charge is 2.21. The van der Waals surface area contributed by atoms with Gasteiger partial charge in [0.2, 0.25) is 11.1 Å². The zero-order chi connectivity index (χ0) is 22.2. The molecule has 2 N–H and O–H groups in total. The summed E-state index contributed by atoms with van der Waals surface area (Å²) < 4.78 is 10.6. The summed E-state index contributed by atoms with van der Waals surface area (Å²) >= 11 is 3.15. The minimum absolute atomic E-state index is 0.0371. The van der Waals surface area contributed by atoms with E-state index in [4.69, 9.17) is 9.47 Å². The van der Waals surface area contributed by atoms with Crippen molar-refractivity contribution in [1.29, 1.82) is 0 Å². The number of thioether (sulfide) groups is 1. The number of benzene rings is 1. The second kappa shape index (κ2) is 11.5. The van der Waals surface area contributed by atoms with Gasteiger partial charge in [0.15, 0.2) is 5.82 Å². The minimum atomic E-state index is -0.0436. The summed E-state index contributed by atoms with van der Waals surface area (Å²) in [7, 11) is 1.64. The number of hydrogen-bond acceptors (Lipinski definition) is 8. The molecular weight excluding hydrogens is 446 g/mol. The van der Waals surface area contributed by atoms with Crippen molar-refractivity contribution in [2.45, 2.75) is 16.8 Å². The Hall–Kier alpha value is -2.40. The van der Waals surface area contributed by atoms with E-state index in [1.54, 1.807) is 18.4 Å². The summed E-state index contributed by atoms with van der Waals surface area (Å²) in [4.78, 5) is 20.7. The molecule has 0 unspecified atom stereocenters. The van der Waals surface area contributed by atoms with Crippen molar-refractivity contribution in [3.63, 3.8) is 0 Å². The van der Waals surface area contributed by atoms with Gasteiger partial charge in [-0.1, -0.05) is 17.8 Å². The highest BCUT2D eigenvalue weighted by molar-refractivity contribution is 7.99. The molecule has 1 fully saturated rings. The summed E-state index contributed by atoms with van der Waals surface area (Å²) in [6, 6.07) is 11.7. The van der Waals surface area contributed by atoms with E-state index in [0.717, 1.165) is 49.0 Å². The zero-order valence-electron chi connectivity index (χ0n) is 18.0. The number of aromatic nitrogens is 3. The smallest absolute Gasteiger partial charge is 0.221 e. The number of methoxy groups -OCH3 is 1. The van der Waals surface area contributed by atoms with Gasteiger partial charge in [-0.05, 0) is 35.7 Å². The molecule has 0 spiro atoms. The van der Waals surface area contributed by atoms with Gasteiger partial charge in [-0.15, -0.1) is 16.4 Å². The molecule has 3 aromatic rings. The Morgan fingerprint density at radius 1 is 1.31 bits per heavy atom. The first kappa shape index (κ1) is 22.8. The van der Waals surface area contributed by atoms with Gasteiger partial charge in [0.25, 0.3) is 0 Å². The lowest BCUT2D eigenvalue weighted by Gasteiger charge is -2.26. The van der Waals surface area contributed by atoms with Crippen molar-refractivity contribution in [3.05, 3.63) is 46.7 Å². The van der Waals surface area contributed by atoms with Crippen LogP contribution in [0.2, 0.25) is 0 Å². The van der Waals surface area contributed by atoms with E-state index in [2.05, 4.69) is 31.5 Å². The van der Waals surface area contributed by atoms with Crippen LogP contribution in [0.15, 0.2) is 46.9 Å². The van der Waals surface area contributed by atoms with E-state index in [1.165, 1.54) is 11.8 Å². The first-order chi connectivity index (χ1) is 15.7. The van der Waals surface area contributed by atoms with Crippen LogP contribution in [0.3, 0.4) is 0 Å².